The summed E-state index contributed by atoms with van der Waals surface area (Å²) in [7, 11) is 0. The van der Waals surface area contributed by atoms with Crippen molar-refractivity contribution in [3.05, 3.63) is 0 Å². The van der Waals surface area contributed by atoms with E-state index in [0.717, 1.165) is 6.42 Å². The summed E-state index contributed by atoms with van der Waals surface area (Å²) < 4.78 is 5.27. The van der Waals surface area contributed by atoms with Gasteiger partial charge in [-0.05, 0) is 26.7 Å². The van der Waals surface area contributed by atoms with Gasteiger partial charge < -0.3 is 4.74 Å². The zero-order valence-electron chi connectivity index (χ0n) is 12.2. The third-order valence-corrected chi connectivity index (χ3v) is 3.14. The van der Waals surface area contributed by atoms with Crippen molar-refractivity contribution < 1.29 is 14.3 Å². The van der Waals surface area contributed by atoms with Gasteiger partial charge in [-0.1, -0.05) is 27.7 Å². The van der Waals surface area contributed by atoms with Crippen LogP contribution in [0.3, 0.4) is 0 Å². The third-order valence-electron chi connectivity index (χ3n) is 3.14. The molecule has 0 fully saturated rings. The molecule has 0 amide bonds. The Morgan fingerprint density at radius 3 is 1.94 bits per heavy atom. The molecule has 0 aliphatic rings. The van der Waals surface area contributed by atoms with E-state index in [4.69, 9.17) is 4.74 Å². The van der Waals surface area contributed by atoms with Gasteiger partial charge in [0.2, 0.25) is 0 Å². The maximum Gasteiger partial charge on any atom is 0.303 e. The van der Waals surface area contributed by atoms with E-state index in [2.05, 4.69) is 0 Å². The molecule has 1 atom stereocenters. The fourth-order valence-electron chi connectivity index (χ4n) is 2.45. The number of carbonyl (C=O) groups is 2. The lowest BCUT2D eigenvalue weighted by Crippen LogP contribution is -2.40. The molecule has 0 saturated heterocycles. The predicted octanol–water partition coefficient (Wildman–Crippen LogP) is 3.36. The highest BCUT2D eigenvalue weighted by Gasteiger charge is 2.39. The molecule has 0 aliphatic heterocycles. The van der Waals surface area contributed by atoms with Gasteiger partial charge in [-0.3, -0.25) is 9.59 Å². The SMILES string of the molecule is CCC(C)(CC(C)(C)OC(C)=O)C(=O)C(C)C. The van der Waals surface area contributed by atoms with Crippen LogP contribution in [0.25, 0.3) is 0 Å². The second-order valence-corrected chi connectivity index (χ2v) is 5.96. The van der Waals surface area contributed by atoms with E-state index < -0.39 is 11.0 Å². The summed E-state index contributed by atoms with van der Waals surface area (Å²) in [5.74, 6) is -0.0567. The minimum atomic E-state index is -0.596. The van der Waals surface area contributed by atoms with Crippen LogP contribution in [0.15, 0.2) is 0 Å². The average molecular weight is 242 g/mol. The number of ether oxygens (including phenoxy) is 1. The quantitative estimate of drug-likeness (QED) is 0.671. The molecule has 0 saturated carbocycles. The highest BCUT2D eigenvalue weighted by Crippen LogP contribution is 2.36. The molecule has 0 rings (SSSR count). The monoisotopic (exact) mass is 242 g/mol. The molecule has 17 heavy (non-hydrogen) atoms. The fraction of sp³-hybridized carbons (Fsp3) is 0.857. The van der Waals surface area contributed by atoms with E-state index in [1.807, 2.05) is 41.5 Å². The van der Waals surface area contributed by atoms with Crippen LogP contribution in [0.5, 0.6) is 0 Å². The lowest BCUT2D eigenvalue weighted by Gasteiger charge is -2.36. The highest BCUT2D eigenvalue weighted by molar-refractivity contribution is 5.86. The van der Waals surface area contributed by atoms with Crippen LogP contribution >= 0.6 is 0 Å². The summed E-state index contributed by atoms with van der Waals surface area (Å²) in [5.41, 5.74) is -1.02. The van der Waals surface area contributed by atoms with Crippen molar-refractivity contribution in [1.29, 1.82) is 0 Å². The summed E-state index contributed by atoms with van der Waals surface area (Å²) in [4.78, 5) is 23.2. The Labute approximate surface area is 105 Å². The van der Waals surface area contributed by atoms with Gasteiger partial charge >= 0.3 is 5.97 Å². The first-order valence-electron chi connectivity index (χ1n) is 6.28. The zero-order valence-corrected chi connectivity index (χ0v) is 12.2. The zero-order chi connectivity index (χ0) is 13.9. The molecule has 3 nitrogen and oxygen atoms in total. The maximum absolute atomic E-state index is 12.2. The van der Waals surface area contributed by atoms with Crippen LogP contribution in [-0.2, 0) is 14.3 Å². The van der Waals surface area contributed by atoms with E-state index in [1.54, 1.807) is 0 Å². The number of Topliss-reactive ketones (excluding diaryl/α,β-unsaturated/α-hetero) is 1. The van der Waals surface area contributed by atoms with Gasteiger partial charge in [0.05, 0.1) is 0 Å². The molecule has 0 radical (unpaired) electrons. The second-order valence-electron chi connectivity index (χ2n) is 5.96. The Hall–Kier alpha value is -0.860. The minimum absolute atomic E-state index is 0.00748. The molecule has 0 aromatic carbocycles. The first-order chi connectivity index (χ1) is 7.54. The first kappa shape index (κ1) is 16.1. The molecular formula is C14H26O3. The summed E-state index contributed by atoms with van der Waals surface area (Å²) in [6.45, 7) is 12.9. The first-order valence-corrected chi connectivity index (χ1v) is 6.28. The van der Waals surface area contributed by atoms with E-state index >= 15 is 0 Å². The topological polar surface area (TPSA) is 43.4 Å². The van der Waals surface area contributed by atoms with Crippen molar-refractivity contribution in [3.63, 3.8) is 0 Å². The number of esters is 1. The third kappa shape index (κ3) is 4.88. The van der Waals surface area contributed by atoms with E-state index in [0.29, 0.717) is 6.42 Å². The molecule has 0 N–H and O–H groups in total. The molecule has 0 bridgehead atoms. The molecule has 0 heterocycles. The minimum Gasteiger partial charge on any atom is -0.460 e. The summed E-state index contributed by atoms with van der Waals surface area (Å²) >= 11 is 0. The van der Waals surface area contributed by atoms with Crippen molar-refractivity contribution in [2.75, 3.05) is 0 Å². The van der Waals surface area contributed by atoms with Crippen molar-refractivity contribution in [2.24, 2.45) is 11.3 Å². The van der Waals surface area contributed by atoms with Gasteiger partial charge in [-0.25, -0.2) is 0 Å². The standard InChI is InChI=1S/C14H26O3/c1-8-14(7,12(16)10(2)3)9-13(5,6)17-11(4)15/h10H,8-9H2,1-7H3. The van der Waals surface area contributed by atoms with Crippen molar-refractivity contribution >= 4 is 11.8 Å². The number of rotatable bonds is 6. The van der Waals surface area contributed by atoms with Gasteiger partial charge in [0.1, 0.15) is 11.4 Å². The average Bonchev–Trinajstić information content (AvgIpc) is 2.13. The smallest absolute Gasteiger partial charge is 0.303 e. The number of hydrogen-bond acceptors (Lipinski definition) is 3. The highest BCUT2D eigenvalue weighted by atomic mass is 16.6. The molecule has 1 unspecified atom stereocenters. The van der Waals surface area contributed by atoms with Crippen molar-refractivity contribution in [3.8, 4) is 0 Å². The van der Waals surface area contributed by atoms with Crippen LogP contribution in [0.2, 0.25) is 0 Å². The number of carbonyl (C=O) groups excluding carboxylic acids is 2. The lowest BCUT2D eigenvalue weighted by atomic mass is 9.71. The Bertz CT molecular complexity index is 292. The summed E-state index contributed by atoms with van der Waals surface area (Å²) in [6, 6.07) is 0. The van der Waals surface area contributed by atoms with Gasteiger partial charge in [0.25, 0.3) is 0 Å². The fourth-order valence-corrected chi connectivity index (χ4v) is 2.45. The molecule has 3 heteroatoms. The van der Waals surface area contributed by atoms with Gasteiger partial charge in [-0.15, -0.1) is 0 Å². The van der Waals surface area contributed by atoms with E-state index in [1.165, 1.54) is 6.92 Å². The Balaban J connectivity index is 4.91. The molecule has 0 aliphatic carbocycles. The summed E-state index contributed by atoms with van der Waals surface area (Å²) in [5, 5.41) is 0. The van der Waals surface area contributed by atoms with Gasteiger partial charge in [0.15, 0.2) is 0 Å². The number of hydrogen-bond donors (Lipinski definition) is 0. The second kappa shape index (κ2) is 5.65. The number of ketones is 1. The summed E-state index contributed by atoms with van der Waals surface area (Å²) in [6.07, 6.45) is 1.32. The van der Waals surface area contributed by atoms with Crippen molar-refractivity contribution in [2.45, 2.75) is 66.9 Å². The Morgan fingerprint density at radius 2 is 1.65 bits per heavy atom. The van der Waals surface area contributed by atoms with Crippen LogP contribution in [-0.4, -0.2) is 17.4 Å². The predicted molar refractivity (Wildman–Crippen MR) is 68.7 cm³/mol. The van der Waals surface area contributed by atoms with Crippen molar-refractivity contribution in [1.82, 2.24) is 0 Å². The van der Waals surface area contributed by atoms with Crippen LogP contribution in [0, 0.1) is 11.3 Å². The maximum atomic E-state index is 12.2. The molecule has 100 valence electrons. The van der Waals surface area contributed by atoms with E-state index in [-0.39, 0.29) is 17.7 Å². The Morgan fingerprint density at radius 1 is 1.18 bits per heavy atom. The molecule has 0 spiro atoms. The van der Waals surface area contributed by atoms with Crippen LogP contribution in [0.1, 0.15) is 61.3 Å². The largest absolute Gasteiger partial charge is 0.460 e. The van der Waals surface area contributed by atoms with E-state index in [9.17, 15) is 9.59 Å². The van der Waals surface area contributed by atoms with Crippen LogP contribution in [0.4, 0.5) is 0 Å². The van der Waals surface area contributed by atoms with Crippen LogP contribution < -0.4 is 0 Å². The molecular weight excluding hydrogens is 216 g/mol. The van der Waals surface area contributed by atoms with Gasteiger partial charge in [-0.2, -0.15) is 0 Å². The lowest BCUT2D eigenvalue weighted by molar-refractivity contribution is -0.159. The van der Waals surface area contributed by atoms with Gasteiger partial charge in [0, 0.05) is 18.3 Å². The normalized spacial score (nSPS) is 15.5. The Kier molecular flexibility index (Phi) is 5.37. The molecule has 0 aromatic rings. The molecule has 0 aromatic heterocycles.